The lowest BCUT2D eigenvalue weighted by Gasteiger charge is -2.12. The monoisotopic (exact) mass is 670 g/mol. The van der Waals surface area contributed by atoms with E-state index in [1.54, 1.807) is 60.7 Å². The number of rotatable bonds is 13. The average molecular weight is 671 g/mol. The van der Waals surface area contributed by atoms with Gasteiger partial charge in [0.1, 0.15) is 0 Å². The largest absolute Gasteiger partial charge is 0.330 e. The minimum Gasteiger partial charge on any atom is -0.330 e. The van der Waals surface area contributed by atoms with Crippen molar-refractivity contribution in [3.8, 4) is 0 Å². The molecule has 4 rings (SSSR count). The van der Waals surface area contributed by atoms with Crippen molar-refractivity contribution in [1.82, 2.24) is 9.44 Å². The van der Waals surface area contributed by atoms with Gasteiger partial charge in [0.25, 0.3) is 31.9 Å². The highest BCUT2D eigenvalue weighted by Gasteiger charge is 2.23. The van der Waals surface area contributed by atoms with Crippen LogP contribution in [0.2, 0.25) is 0 Å². The van der Waals surface area contributed by atoms with E-state index in [4.69, 9.17) is 11.5 Å². The molecule has 44 heavy (non-hydrogen) atoms. The van der Waals surface area contributed by atoms with E-state index < -0.39 is 31.9 Å². The first-order chi connectivity index (χ1) is 21.0. The molecule has 0 unspecified atom stereocenters. The number of amides is 2. The fraction of sp³-hybridized carbons (Fsp3) is 0.133. The van der Waals surface area contributed by atoms with Gasteiger partial charge < -0.3 is 11.5 Å². The summed E-state index contributed by atoms with van der Waals surface area (Å²) in [5.74, 6) is -1.65. The molecule has 6 N–H and O–H groups in total. The number of hydrogen-bond acceptors (Lipinski definition) is 10. The summed E-state index contributed by atoms with van der Waals surface area (Å²) in [5, 5.41) is 0. The van der Waals surface area contributed by atoms with E-state index in [-0.39, 0.29) is 20.9 Å². The molecule has 0 radical (unpaired) electrons. The molecule has 0 aliphatic heterocycles. The molecule has 0 aliphatic rings. The molecule has 0 atom stereocenters. The Balaban J connectivity index is 1.47. The van der Waals surface area contributed by atoms with E-state index in [0.717, 1.165) is 32.7 Å². The minimum atomic E-state index is -4.15. The van der Waals surface area contributed by atoms with Crippen LogP contribution in [0.5, 0.6) is 0 Å². The number of nitrogens with one attached hydrogen (secondary N) is 2. The molecular formula is C30H30N4O6S4. The maximum absolute atomic E-state index is 13.1. The van der Waals surface area contributed by atoms with Crippen LogP contribution in [0.3, 0.4) is 0 Å². The summed E-state index contributed by atoms with van der Waals surface area (Å²) in [6.07, 6.45) is 1.19. The minimum absolute atomic E-state index is 0.0625. The van der Waals surface area contributed by atoms with Gasteiger partial charge in [0, 0.05) is 9.79 Å². The molecule has 14 heteroatoms. The maximum Gasteiger partial charge on any atom is 0.266 e. The molecule has 0 heterocycles. The van der Waals surface area contributed by atoms with E-state index >= 15 is 0 Å². The van der Waals surface area contributed by atoms with Crippen molar-refractivity contribution in [2.24, 2.45) is 11.5 Å². The zero-order valence-electron chi connectivity index (χ0n) is 23.3. The Morgan fingerprint density at radius 3 is 1.23 bits per heavy atom. The summed E-state index contributed by atoms with van der Waals surface area (Å²) in [6, 6.07) is 25.1. The predicted octanol–water partition coefficient (Wildman–Crippen LogP) is 3.73. The van der Waals surface area contributed by atoms with E-state index in [1.807, 2.05) is 0 Å². The van der Waals surface area contributed by atoms with E-state index in [2.05, 4.69) is 9.44 Å². The Morgan fingerprint density at radius 2 is 0.886 bits per heavy atom. The quantitative estimate of drug-likeness (QED) is 0.153. The van der Waals surface area contributed by atoms with Crippen molar-refractivity contribution < 1.29 is 26.4 Å². The molecule has 0 saturated heterocycles. The van der Waals surface area contributed by atoms with Crippen LogP contribution in [0, 0.1) is 0 Å². The summed E-state index contributed by atoms with van der Waals surface area (Å²) < 4.78 is 55.8. The fourth-order valence-electron chi connectivity index (χ4n) is 4.02. The van der Waals surface area contributed by atoms with Gasteiger partial charge in [0.2, 0.25) is 0 Å². The van der Waals surface area contributed by atoms with Crippen LogP contribution in [-0.2, 0) is 32.9 Å². The van der Waals surface area contributed by atoms with Crippen molar-refractivity contribution in [3.63, 3.8) is 0 Å². The van der Waals surface area contributed by atoms with Crippen LogP contribution in [0.25, 0.3) is 0 Å². The summed E-state index contributed by atoms with van der Waals surface area (Å²) >= 11 is 0. The Morgan fingerprint density at radius 1 is 0.545 bits per heavy atom. The van der Waals surface area contributed by atoms with Gasteiger partial charge in [-0.3, -0.25) is 9.59 Å². The maximum atomic E-state index is 13.1. The third kappa shape index (κ3) is 8.49. The van der Waals surface area contributed by atoms with E-state index in [1.165, 1.54) is 36.4 Å². The number of benzene rings is 4. The summed E-state index contributed by atoms with van der Waals surface area (Å²) in [7, 11) is -6.06. The standard InChI is InChI=1S/C30H30N4O6S4/c31-19-17-21-9-13-23(14-10-21)43(37,38)33-29(35)25-5-1-3-7-27(25)41-42-28-8-4-2-6-26(28)30(36)34-44(39,40)24-15-11-22(12-16-24)18-20-32/h1-16H,17-20,31-32H2,(H,33,35)(H,34,36). The third-order valence-electron chi connectivity index (χ3n) is 6.27. The molecule has 10 nitrogen and oxygen atoms in total. The molecule has 0 bridgehead atoms. The molecule has 0 saturated carbocycles. The van der Waals surface area contributed by atoms with Gasteiger partial charge in [-0.25, -0.2) is 26.3 Å². The number of hydrogen-bond donors (Lipinski definition) is 4. The highest BCUT2D eigenvalue weighted by atomic mass is 33.1. The van der Waals surface area contributed by atoms with Gasteiger partial charge in [-0.1, -0.05) is 70.1 Å². The summed E-state index contributed by atoms with van der Waals surface area (Å²) in [5.41, 5.74) is 13.1. The first-order valence-corrected chi connectivity index (χ1v) is 18.4. The van der Waals surface area contributed by atoms with Crippen molar-refractivity contribution in [2.45, 2.75) is 32.4 Å². The SMILES string of the molecule is NCCc1ccc(S(=O)(=O)NC(=O)c2ccccc2SSc2ccccc2C(=O)NS(=O)(=O)c2ccc(CCN)cc2)cc1. The number of sulfonamides is 2. The normalized spacial score (nSPS) is 11.6. The molecule has 4 aromatic carbocycles. The lowest BCUT2D eigenvalue weighted by molar-refractivity contribution is 0.0969. The fourth-order valence-corrected chi connectivity index (χ4v) is 8.31. The van der Waals surface area contributed by atoms with Gasteiger partial charge in [-0.05, 0) is 85.6 Å². The Kier molecular flexibility index (Phi) is 11.2. The molecule has 230 valence electrons. The molecule has 0 fully saturated rings. The Bertz CT molecular complexity index is 1710. The second-order valence-corrected chi connectivity index (χ2v) is 15.0. The first-order valence-electron chi connectivity index (χ1n) is 13.3. The molecule has 0 spiro atoms. The van der Waals surface area contributed by atoms with E-state index in [9.17, 15) is 26.4 Å². The van der Waals surface area contributed by atoms with Gasteiger partial charge in [0.05, 0.1) is 20.9 Å². The van der Waals surface area contributed by atoms with Crippen LogP contribution in [-0.4, -0.2) is 41.7 Å². The Labute approximate surface area is 264 Å². The first kappa shape index (κ1) is 33.2. The van der Waals surface area contributed by atoms with Crippen LogP contribution in [0.4, 0.5) is 0 Å². The molecule has 0 aromatic heterocycles. The van der Waals surface area contributed by atoms with Crippen molar-refractivity contribution in [1.29, 1.82) is 0 Å². The van der Waals surface area contributed by atoms with Gasteiger partial charge in [-0.2, -0.15) is 0 Å². The lowest BCUT2D eigenvalue weighted by atomic mass is 10.2. The number of carbonyl (C=O) groups excluding carboxylic acids is 2. The van der Waals surface area contributed by atoms with Crippen molar-refractivity contribution in [3.05, 3.63) is 119 Å². The molecule has 4 aromatic rings. The summed E-state index contributed by atoms with van der Waals surface area (Å²) in [6.45, 7) is 0.849. The second-order valence-electron chi connectivity index (χ2n) is 9.39. The highest BCUT2D eigenvalue weighted by molar-refractivity contribution is 8.76. The summed E-state index contributed by atoms with van der Waals surface area (Å²) in [4.78, 5) is 26.9. The topological polar surface area (TPSA) is 179 Å². The van der Waals surface area contributed by atoms with Gasteiger partial charge >= 0.3 is 0 Å². The lowest BCUT2D eigenvalue weighted by Crippen LogP contribution is -2.31. The predicted molar refractivity (Wildman–Crippen MR) is 172 cm³/mol. The smallest absolute Gasteiger partial charge is 0.266 e. The number of nitrogens with two attached hydrogens (primary N) is 2. The van der Waals surface area contributed by atoms with Crippen molar-refractivity contribution in [2.75, 3.05) is 13.1 Å². The molecule has 0 aliphatic carbocycles. The zero-order valence-corrected chi connectivity index (χ0v) is 26.6. The second kappa shape index (κ2) is 14.9. The van der Waals surface area contributed by atoms with Crippen LogP contribution in [0.1, 0.15) is 31.8 Å². The van der Waals surface area contributed by atoms with Gasteiger partial charge in [0.15, 0.2) is 0 Å². The Hall–Kier alpha value is -3.66. The van der Waals surface area contributed by atoms with Crippen LogP contribution >= 0.6 is 21.6 Å². The third-order valence-corrected chi connectivity index (χ3v) is 11.4. The van der Waals surface area contributed by atoms with Gasteiger partial charge in [-0.15, -0.1) is 0 Å². The van der Waals surface area contributed by atoms with E-state index in [0.29, 0.717) is 35.7 Å². The zero-order chi connectivity index (χ0) is 31.7. The molecule has 2 amide bonds. The van der Waals surface area contributed by atoms with Crippen molar-refractivity contribution >= 4 is 53.4 Å². The average Bonchev–Trinajstić information content (AvgIpc) is 3.01. The highest BCUT2D eigenvalue weighted by Crippen LogP contribution is 2.40. The number of carbonyl (C=O) groups is 2. The molecular weight excluding hydrogens is 641 g/mol. The van der Waals surface area contributed by atoms with Crippen LogP contribution < -0.4 is 20.9 Å². The van der Waals surface area contributed by atoms with Crippen LogP contribution in [0.15, 0.2) is 117 Å².